The van der Waals surface area contributed by atoms with Crippen molar-refractivity contribution >= 4 is 5.91 Å². The Kier molecular flexibility index (Phi) is 13.9. The number of carbonyl (C=O) groups excluding carboxylic acids is 1. The van der Waals surface area contributed by atoms with Crippen molar-refractivity contribution < 1.29 is 35.1 Å². The van der Waals surface area contributed by atoms with Crippen molar-refractivity contribution in [1.82, 2.24) is 10.6 Å². The Hall–Kier alpha value is -3.83. The van der Waals surface area contributed by atoms with Crippen LogP contribution in [0.3, 0.4) is 0 Å². The highest BCUT2D eigenvalue weighted by atomic mass is 16.5. The van der Waals surface area contributed by atoms with Gasteiger partial charge in [0.2, 0.25) is 5.91 Å². The van der Waals surface area contributed by atoms with Crippen molar-refractivity contribution in [2.75, 3.05) is 19.7 Å². The van der Waals surface area contributed by atoms with Crippen LogP contribution in [-0.4, -0.2) is 69.3 Å². The molecule has 0 fully saturated rings. The monoisotopic (exact) mass is 569 g/mol. The lowest BCUT2D eigenvalue weighted by atomic mass is 10.1. The van der Waals surface area contributed by atoms with Crippen molar-refractivity contribution in [2.45, 2.75) is 57.9 Å². The molecule has 3 unspecified atom stereocenters. The predicted molar refractivity (Wildman–Crippen MR) is 158 cm³/mol. The molecule has 224 valence electrons. The number of aliphatic hydroxyl groups excluding tert-OH is 2. The van der Waals surface area contributed by atoms with Crippen LogP contribution in [0.5, 0.6) is 23.0 Å². The molecule has 0 aromatic heterocycles. The Labute approximate surface area is 241 Å². The van der Waals surface area contributed by atoms with E-state index in [1.807, 2.05) is 32.9 Å². The molecule has 0 bridgehead atoms. The van der Waals surface area contributed by atoms with Crippen LogP contribution in [0.15, 0.2) is 66.7 Å². The maximum Gasteiger partial charge on any atom is 0.221 e. The Bertz CT molecular complexity index is 1170. The summed E-state index contributed by atoms with van der Waals surface area (Å²) in [6, 6.07) is 18.7. The number of nitrogens with one attached hydrogen (secondary N) is 2. The smallest absolute Gasteiger partial charge is 0.221 e. The molecule has 41 heavy (non-hydrogen) atoms. The molecule has 0 aliphatic heterocycles. The van der Waals surface area contributed by atoms with E-state index in [-0.39, 0.29) is 42.2 Å². The number of rotatable bonds is 14. The normalized spacial score (nSPS) is 13.1. The molecular weight excluding hydrogens is 526 g/mol. The summed E-state index contributed by atoms with van der Waals surface area (Å²) in [6.45, 7) is 7.07. The van der Waals surface area contributed by atoms with Gasteiger partial charge in [-0.1, -0.05) is 38.1 Å². The topological polar surface area (TPSA) is 178 Å². The van der Waals surface area contributed by atoms with Gasteiger partial charge in [-0.3, -0.25) is 4.79 Å². The molecule has 0 radical (unpaired) electrons. The Morgan fingerprint density at radius 3 is 1.95 bits per heavy atom. The highest BCUT2D eigenvalue weighted by Gasteiger charge is 2.12. The maximum atomic E-state index is 10.7. The number of amides is 1. The molecule has 0 aliphatic carbocycles. The Morgan fingerprint density at radius 2 is 1.39 bits per heavy atom. The fourth-order valence-electron chi connectivity index (χ4n) is 3.83. The Morgan fingerprint density at radius 1 is 0.805 bits per heavy atom. The lowest BCUT2D eigenvalue weighted by Crippen LogP contribution is -2.35. The molecule has 10 nitrogen and oxygen atoms in total. The number of carbonyl (C=O) groups is 1. The predicted octanol–water partition coefficient (Wildman–Crippen LogP) is 2.51. The molecule has 0 spiro atoms. The van der Waals surface area contributed by atoms with Crippen LogP contribution < -0.4 is 21.1 Å². The zero-order chi connectivity index (χ0) is 30.4. The summed E-state index contributed by atoms with van der Waals surface area (Å²) >= 11 is 0. The van der Waals surface area contributed by atoms with Crippen LogP contribution in [-0.2, 0) is 17.6 Å². The van der Waals surface area contributed by atoms with Crippen molar-refractivity contribution in [2.24, 2.45) is 5.73 Å². The van der Waals surface area contributed by atoms with Gasteiger partial charge in [-0.25, -0.2) is 0 Å². The third kappa shape index (κ3) is 13.9. The standard InChI is InChI=1S/C17H21NO4.C14H22N2O3/c1-11(6-12-2-4-14(19)5-3-12)18-10-17(22)13-7-15(20)9-16(21)8-13;1-10(2)16-8-12(17)9-19-13-5-3-11(4-6-13)7-14(15)18/h2-5,7-9,11,17-22H,6,10H2,1H3;3-6,10,12,16-17H,7-9H2,1-2H3,(H2,15,18). The van der Waals surface area contributed by atoms with Crippen LogP contribution in [0, 0.1) is 0 Å². The fourth-order valence-corrected chi connectivity index (χ4v) is 3.83. The summed E-state index contributed by atoms with van der Waals surface area (Å²) in [5.74, 6) is 0.390. The van der Waals surface area contributed by atoms with Crippen LogP contribution in [0.25, 0.3) is 0 Å². The zero-order valence-corrected chi connectivity index (χ0v) is 23.8. The second kappa shape index (κ2) is 17.1. The molecule has 9 N–H and O–H groups in total. The zero-order valence-electron chi connectivity index (χ0n) is 23.8. The first-order chi connectivity index (χ1) is 19.4. The summed E-state index contributed by atoms with van der Waals surface area (Å²) < 4.78 is 5.45. The minimum Gasteiger partial charge on any atom is -0.508 e. The van der Waals surface area contributed by atoms with Crippen molar-refractivity contribution in [3.63, 3.8) is 0 Å². The van der Waals surface area contributed by atoms with E-state index in [1.54, 1.807) is 36.4 Å². The van der Waals surface area contributed by atoms with E-state index in [2.05, 4.69) is 10.6 Å². The maximum absolute atomic E-state index is 10.7. The van der Waals surface area contributed by atoms with E-state index in [0.29, 0.717) is 30.4 Å². The first kappa shape index (κ1) is 33.4. The first-order valence-corrected chi connectivity index (χ1v) is 13.5. The largest absolute Gasteiger partial charge is 0.508 e. The fraction of sp³-hybridized carbons (Fsp3) is 0.387. The number of nitrogens with two attached hydrogens (primary N) is 1. The summed E-state index contributed by atoms with van der Waals surface area (Å²) in [7, 11) is 0. The second-order valence-electron chi connectivity index (χ2n) is 10.3. The lowest BCUT2D eigenvalue weighted by molar-refractivity contribution is -0.117. The van der Waals surface area contributed by atoms with Crippen molar-refractivity contribution in [3.05, 3.63) is 83.4 Å². The average Bonchev–Trinajstić information content (AvgIpc) is 2.91. The number of ether oxygens (including phenoxy) is 1. The summed E-state index contributed by atoms with van der Waals surface area (Å²) in [5.41, 5.74) is 7.50. The molecule has 3 aromatic rings. The van der Waals surface area contributed by atoms with Crippen molar-refractivity contribution in [3.8, 4) is 23.0 Å². The summed E-state index contributed by atoms with van der Waals surface area (Å²) in [5, 5.41) is 54.2. The molecular formula is C31H43N3O7. The number of benzene rings is 3. The van der Waals surface area contributed by atoms with Crippen LogP contribution in [0.4, 0.5) is 0 Å². The van der Waals surface area contributed by atoms with Gasteiger partial charge in [0.1, 0.15) is 35.7 Å². The SMILES string of the molecule is CC(C)NCC(O)COc1ccc(CC(N)=O)cc1.CC(Cc1ccc(O)cc1)NCC(O)c1cc(O)cc(O)c1. The van der Waals surface area contributed by atoms with Gasteiger partial charge in [-0.05, 0) is 66.4 Å². The number of phenols is 3. The first-order valence-electron chi connectivity index (χ1n) is 13.5. The van der Waals surface area contributed by atoms with Gasteiger partial charge in [-0.2, -0.15) is 0 Å². The molecule has 0 saturated carbocycles. The second-order valence-corrected chi connectivity index (χ2v) is 10.3. The molecule has 1 amide bonds. The molecule has 3 rings (SSSR count). The van der Waals surface area contributed by atoms with E-state index in [4.69, 9.17) is 10.5 Å². The van der Waals surface area contributed by atoms with Gasteiger partial charge in [0.05, 0.1) is 12.5 Å². The highest BCUT2D eigenvalue weighted by molar-refractivity contribution is 5.76. The minimum absolute atomic E-state index is 0.0776. The van der Waals surface area contributed by atoms with Gasteiger partial charge < -0.3 is 46.6 Å². The molecule has 0 aliphatic rings. The number of aromatic hydroxyl groups is 3. The van der Waals surface area contributed by atoms with Gasteiger partial charge >= 0.3 is 0 Å². The Balaban J connectivity index is 0.000000290. The van der Waals surface area contributed by atoms with Gasteiger partial charge in [0.25, 0.3) is 0 Å². The molecule has 3 aromatic carbocycles. The third-order valence-corrected chi connectivity index (χ3v) is 5.95. The lowest BCUT2D eigenvalue weighted by Gasteiger charge is -2.18. The highest BCUT2D eigenvalue weighted by Crippen LogP contribution is 2.24. The molecule has 10 heteroatoms. The van der Waals surface area contributed by atoms with E-state index < -0.39 is 12.2 Å². The average molecular weight is 570 g/mol. The van der Waals surface area contributed by atoms with E-state index in [0.717, 1.165) is 17.5 Å². The summed E-state index contributed by atoms with van der Waals surface area (Å²) in [6.07, 6.45) is -0.382. The van der Waals surface area contributed by atoms with Gasteiger partial charge in [0.15, 0.2) is 0 Å². The van der Waals surface area contributed by atoms with Crippen molar-refractivity contribution in [1.29, 1.82) is 0 Å². The van der Waals surface area contributed by atoms with E-state index in [9.17, 15) is 30.3 Å². The quantitative estimate of drug-likeness (QED) is 0.145. The number of hydrogen-bond donors (Lipinski definition) is 8. The van der Waals surface area contributed by atoms with Crippen LogP contribution in [0.2, 0.25) is 0 Å². The summed E-state index contributed by atoms with van der Waals surface area (Å²) in [4.78, 5) is 10.7. The van der Waals surface area contributed by atoms with E-state index >= 15 is 0 Å². The van der Waals surface area contributed by atoms with Crippen LogP contribution >= 0.6 is 0 Å². The molecule has 0 saturated heterocycles. The van der Waals surface area contributed by atoms with Crippen LogP contribution in [0.1, 0.15) is 43.6 Å². The number of primary amides is 1. The number of aliphatic hydroxyl groups is 2. The molecule has 0 heterocycles. The van der Waals surface area contributed by atoms with Gasteiger partial charge in [0, 0.05) is 31.2 Å². The van der Waals surface area contributed by atoms with E-state index in [1.165, 1.54) is 18.2 Å². The third-order valence-electron chi connectivity index (χ3n) is 5.95. The molecule has 3 atom stereocenters. The number of hydrogen-bond acceptors (Lipinski definition) is 9. The number of phenolic OH excluding ortho intramolecular Hbond substituents is 3. The minimum atomic E-state index is -0.819. The van der Waals surface area contributed by atoms with Gasteiger partial charge in [-0.15, -0.1) is 0 Å².